The first-order valence-electron chi connectivity index (χ1n) is 10.3. The van der Waals surface area contributed by atoms with Crippen LogP contribution in [0.15, 0.2) is 30.6 Å². The highest BCUT2D eigenvalue weighted by Crippen LogP contribution is 2.25. The Morgan fingerprint density at radius 1 is 1.33 bits per heavy atom. The van der Waals surface area contributed by atoms with Gasteiger partial charge in [-0.25, -0.2) is 19.3 Å². The van der Waals surface area contributed by atoms with Gasteiger partial charge in [-0.1, -0.05) is 0 Å². The van der Waals surface area contributed by atoms with E-state index in [0.717, 1.165) is 12.8 Å². The van der Waals surface area contributed by atoms with Gasteiger partial charge in [-0.05, 0) is 30.2 Å². The van der Waals surface area contributed by atoms with Crippen LogP contribution in [0.2, 0.25) is 0 Å². The molecule has 1 aliphatic heterocycles. The summed E-state index contributed by atoms with van der Waals surface area (Å²) < 4.78 is 15.4. The summed E-state index contributed by atoms with van der Waals surface area (Å²) in [5, 5.41) is 26.2. The van der Waals surface area contributed by atoms with E-state index in [1.54, 1.807) is 27.6 Å². The van der Waals surface area contributed by atoms with E-state index in [4.69, 9.17) is 5.26 Å². The zero-order valence-electron chi connectivity index (χ0n) is 17.3. The van der Waals surface area contributed by atoms with Crippen molar-refractivity contribution in [3.05, 3.63) is 36.4 Å². The molecule has 13 heteroatoms. The third-order valence-electron chi connectivity index (χ3n) is 5.36. The van der Waals surface area contributed by atoms with Gasteiger partial charge in [-0.3, -0.25) is 9.20 Å². The summed E-state index contributed by atoms with van der Waals surface area (Å²) in [5.41, 5.74) is 1.46. The Morgan fingerprint density at radius 3 is 3.06 bits per heavy atom. The number of anilines is 1. The number of pyridine rings is 1. The van der Waals surface area contributed by atoms with E-state index >= 15 is 0 Å². The summed E-state index contributed by atoms with van der Waals surface area (Å²) in [5.74, 6) is 0.458. The molecule has 2 N–H and O–H groups in total. The smallest absolute Gasteiger partial charge is 0.236 e. The third-order valence-corrected chi connectivity index (χ3v) is 5.36. The molecule has 4 aromatic rings. The van der Waals surface area contributed by atoms with Crippen molar-refractivity contribution in [1.29, 1.82) is 5.26 Å². The summed E-state index contributed by atoms with van der Waals surface area (Å²) in [6.07, 6.45) is 4.37. The van der Waals surface area contributed by atoms with Crippen LogP contribution in [0.5, 0.6) is 0 Å². The van der Waals surface area contributed by atoms with Crippen LogP contribution in [0.3, 0.4) is 0 Å². The number of imidazole rings is 1. The molecule has 1 amide bonds. The van der Waals surface area contributed by atoms with E-state index in [1.165, 1.54) is 12.3 Å². The first kappa shape index (κ1) is 20.4. The van der Waals surface area contributed by atoms with Gasteiger partial charge in [0.2, 0.25) is 11.7 Å². The summed E-state index contributed by atoms with van der Waals surface area (Å²) in [7, 11) is 0. The number of likely N-dealkylation sites (tertiary alicyclic amines) is 1. The van der Waals surface area contributed by atoms with Gasteiger partial charge in [-0.15, -0.1) is 10.2 Å². The molecule has 166 valence electrons. The number of nitrogens with zero attached hydrogens (tertiary/aromatic N) is 9. The van der Waals surface area contributed by atoms with Crippen molar-refractivity contribution in [3.8, 4) is 29.1 Å². The molecular weight excluding hydrogens is 429 g/mol. The van der Waals surface area contributed by atoms with Crippen LogP contribution in [-0.2, 0) is 4.79 Å². The van der Waals surface area contributed by atoms with Gasteiger partial charge in [0.15, 0.2) is 5.82 Å². The monoisotopic (exact) mass is 447 g/mol. The molecule has 0 aromatic carbocycles. The molecule has 5 heterocycles. The number of aromatic amines is 1. The van der Waals surface area contributed by atoms with Crippen molar-refractivity contribution in [2.45, 2.75) is 25.3 Å². The lowest BCUT2D eigenvalue weighted by Gasteiger charge is -2.33. The number of H-pyrrole nitrogens is 1. The minimum absolute atomic E-state index is 0.0677. The number of carbonyl (C=O) groups excluding carboxylic acids is 1. The van der Waals surface area contributed by atoms with Gasteiger partial charge in [0.25, 0.3) is 0 Å². The fourth-order valence-corrected chi connectivity index (χ4v) is 3.85. The van der Waals surface area contributed by atoms with E-state index in [-0.39, 0.29) is 24.2 Å². The molecule has 1 aliphatic rings. The average molecular weight is 447 g/mol. The number of tetrazole rings is 1. The Morgan fingerprint density at radius 2 is 2.24 bits per heavy atom. The largest absolute Gasteiger partial charge is 0.365 e. The van der Waals surface area contributed by atoms with Crippen LogP contribution in [-0.4, -0.2) is 69.9 Å². The molecule has 0 bridgehead atoms. The number of hydrogen-bond acceptors (Lipinski definition) is 9. The number of piperidine rings is 1. The topological polar surface area (TPSA) is 154 Å². The number of nitrogens with one attached hydrogen (secondary N) is 2. The standard InChI is InChI=1S/C20H18FN11O/c21-12-3-4-17-23-9-15(32(17)10-12)20-25-14(19-27-29-30-28-19)8-16(26-20)24-13-2-1-7-31(11-13)18(33)5-6-22/h3-4,8-10,13H,1-2,5,7,11H2,(H,24,25,26)(H,27,28,29,30)/t13-/m1/s1. The molecule has 33 heavy (non-hydrogen) atoms. The second-order valence-corrected chi connectivity index (χ2v) is 7.57. The minimum atomic E-state index is -0.418. The fraction of sp³-hybridized carbons (Fsp3) is 0.300. The Kier molecular flexibility index (Phi) is 5.31. The Balaban J connectivity index is 1.50. The Labute approximate surface area is 186 Å². The molecule has 1 saturated heterocycles. The van der Waals surface area contributed by atoms with Crippen molar-refractivity contribution < 1.29 is 9.18 Å². The average Bonchev–Trinajstić information content (AvgIpc) is 3.49. The number of fused-ring (bicyclic) bond motifs is 1. The molecule has 0 radical (unpaired) electrons. The van der Waals surface area contributed by atoms with Crippen LogP contribution in [0.25, 0.3) is 28.7 Å². The molecule has 4 aromatic heterocycles. The normalized spacial score (nSPS) is 16.0. The molecule has 0 spiro atoms. The second-order valence-electron chi connectivity index (χ2n) is 7.57. The SMILES string of the molecule is N#CCC(=O)N1CCC[C@@H](Nc2cc(-c3nn[nH]n3)nc(-c3cnc4ccc(F)cn34)n2)C1. The minimum Gasteiger partial charge on any atom is -0.365 e. The first-order chi connectivity index (χ1) is 16.1. The van der Waals surface area contributed by atoms with Crippen molar-refractivity contribution in [3.63, 3.8) is 0 Å². The zero-order chi connectivity index (χ0) is 22.8. The highest BCUT2D eigenvalue weighted by atomic mass is 19.1. The van der Waals surface area contributed by atoms with Crippen molar-refractivity contribution >= 4 is 17.4 Å². The maximum absolute atomic E-state index is 13.9. The quantitative estimate of drug-likeness (QED) is 0.462. The van der Waals surface area contributed by atoms with Gasteiger partial charge in [0, 0.05) is 31.4 Å². The van der Waals surface area contributed by atoms with Crippen molar-refractivity contribution in [2.24, 2.45) is 0 Å². The number of aromatic nitrogens is 8. The predicted octanol–water partition coefficient (Wildman–Crippen LogP) is 1.43. The van der Waals surface area contributed by atoms with Gasteiger partial charge >= 0.3 is 0 Å². The lowest BCUT2D eigenvalue weighted by atomic mass is 10.1. The maximum atomic E-state index is 13.9. The number of carbonyl (C=O) groups is 1. The van der Waals surface area contributed by atoms with Crippen LogP contribution < -0.4 is 5.32 Å². The Bertz CT molecular complexity index is 1340. The summed E-state index contributed by atoms with van der Waals surface area (Å²) in [6, 6.07) is 6.42. The summed E-state index contributed by atoms with van der Waals surface area (Å²) >= 11 is 0. The van der Waals surface area contributed by atoms with Gasteiger partial charge in [0.1, 0.15) is 35.1 Å². The summed E-state index contributed by atoms with van der Waals surface area (Å²) in [6.45, 7) is 1.08. The molecule has 5 rings (SSSR count). The lowest BCUT2D eigenvalue weighted by molar-refractivity contribution is -0.131. The number of nitriles is 1. The molecule has 0 saturated carbocycles. The van der Waals surface area contributed by atoms with Crippen LogP contribution in [0.4, 0.5) is 10.2 Å². The van der Waals surface area contributed by atoms with E-state index < -0.39 is 5.82 Å². The highest BCUT2D eigenvalue weighted by molar-refractivity contribution is 5.78. The van der Waals surface area contributed by atoms with E-state index in [2.05, 4.69) is 40.9 Å². The van der Waals surface area contributed by atoms with Crippen molar-refractivity contribution in [2.75, 3.05) is 18.4 Å². The Hall–Kier alpha value is -4.47. The van der Waals surface area contributed by atoms with E-state index in [1.807, 2.05) is 6.07 Å². The van der Waals surface area contributed by atoms with Crippen LogP contribution in [0.1, 0.15) is 19.3 Å². The number of rotatable bonds is 5. The molecule has 12 nitrogen and oxygen atoms in total. The molecule has 0 unspecified atom stereocenters. The van der Waals surface area contributed by atoms with Gasteiger partial charge in [-0.2, -0.15) is 10.5 Å². The second kappa shape index (κ2) is 8.58. The van der Waals surface area contributed by atoms with Gasteiger partial charge < -0.3 is 10.2 Å². The maximum Gasteiger partial charge on any atom is 0.236 e. The number of halogens is 1. The fourth-order valence-electron chi connectivity index (χ4n) is 3.85. The number of amides is 1. The molecule has 0 aliphatic carbocycles. The van der Waals surface area contributed by atoms with Crippen LogP contribution in [0, 0.1) is 17.1 Å². The highest BCUT2D eigenvalue weighted by Gasteiger charge is 2.24. The molecule has 1 atom stereocenters. The van der Waals surface area contributed by atoms with E-state index in [0.29, 0.717) is 41.8 Å². The number of hydrogen-bond donors (Lipinski definition) is 2. The molecule has 1 fully saturated rings. The first-order valence-corrected chi connectivity index (χ1v) is 10.3. The van der Waals surface area contributed by atoms with Crippen molar-refractivity contribution in [1.82, 2.24) is 44.9 Å². The van der Waals surface area contributed by atoms with Gasteiger partial charge in [0.05, 0.1) is 12.3 Å². The zero-order valence-corrected chi connectivity index (χ0v) is 17.3. The summed E-state index contributed by atoms with van der Waals surface area (Å²) in [4.78, 5) is 27.3. The predicted molar refractivity (Wildman–Crippen MR) is 113 cm³/mol. The van der Waals surface area contributed by atoms with E-state index in [9.17, 15) is 9.18 Å². The molecular formula is C20H18FN11O. The third kappa shape index (κ3) is 4.18. The van der Waals surface area contributed by atoms with Crippen LogP contribution >= 0.6 is 0 Å². The lowest BCUT2D eigenvalue weighted by Crippen LogP contribution is -2.45.